The van der Waals surface area contributed by atoms with Crippen LogP contribution in [0.25, 0.3) is 0 Å². The van der Waals surface area contributed by atoms with E-state index in [-0.39, 0.29) is 4.70 Å². The topological polar surface area (TPSA) is 38.4 Å². The van der Waals surface area contributed by atoms with Gasteiger partial charge in [-0.05, 0) is 0 Å². The molecular formula is C2H3F5N2. The SMILES string of the molecule is F.NC(=NF)C(F)(F)F. The van der Waals surface area contributed by atoms with Crippen LogP contribution in [-0.4, -0.2) is 12.0 Å². The highest BCUT2D eigenvalue weighted by Gasteiger charge is 2.33. The van der Waals surface area contributed by atoms with Gasteiger partial charge in [-0.1, -0.05) is 9.70 Å². The van der Waals surface area contributed by atoms with Crippen LogP contribution in [-0.2, 0) is 0 Å². The quantitative estimate of drug-likeness (QED) is 0.311. The van der Waals surface area contributed by atoms with Gasteiger partial charge in [-0.2, -0.15) is 13.2 Å². The molecule has 0 aliphatic rings. The Morgan fingerprint density at radius 2 is 1.67 bits per heavy atom. The molecule has 7 heteroatoms. The number of nitrogens with zero attached hydrogens (tertiary/aromatic N) is 1. The zero-order valence-electron chi connectivity index (χ0n) is 3.94. The first-order chi connectivity index (χ1) is 3.48. The minimum Gasteiger partial charge on any atom is -0.377 e. The Hall–Kier alpha value is -0.880. The Morgan fingerprint density at radius 1 is 1.33 bits per heavy atom. The van der Waals surface area contributed by atoms with Gasteiger partial charge in [-0.3, -0.25) is 4.70 Å². The molecule has 2 nitrogen and oxygen atoms in total. The molecule has 0 aromatic carbocycles. The molecular weight excluding hydrogens is 147 g/mol. The van der Waals surface area contributed by atoms with E-state index in [0.717, 1.165) is 0 Å². The van der Waals surface area contributed by atoms with E-state index in [2.05, 4.69) is 5.73 Å². The second-order valence-corrected chi connectivity index (χ2v) is 0.968. The van der Waals surface area contributed by atoms with E-state index < -0.39 is 12.0 Å². The third kappa shape index (κ3) is 3.68. The van der Waals surface area contributed by atoms with Crippen LogP contribution in [0.15, 0.2) is 5.21 Å². The zero-order chi connectivity index (χ0) is 6.78. The van der Waals surface area contributed by atoms with Crippen molar-refractivity contribution < 1.29 is 22.4 Å². The largest absolute Gasteiger partial charge is 0.451 e. The van der Waals surface area contributed by atoms with Crippen molar-refractivity contribution in [3.63, 3.8) is 0 Å². The van der Waals surface area contributed by atoms with Crippen molar-refractivity contribution in [1.29, 1.82) is 0 Å². The molecule has 0 amide bonds. The highest BCUT2D eigenvalue weighted by Crippen LogP contribution is 2.13. The van der Waals surface area contributed by atoms with Crippen molar-refractivity contribution in [3.05, 3.63) is 0 Å². The lowest BCUT2D eigenvalue weighted by molar-refractivity contribution is -0.0610. The maximum Gasteiger partial charge on any atom is 0.451 e. The summed E-state index contributed by atoms with van der Waals surface area (Å²) in [4.78, 5) is 0. The Kier molecular flexibility index (Phi) is 3.92. The third-order valence-corrected chi connectivity index (χ3v) is 0.381. The molecule has 0 saturated heterocycles. The maximum atomic E-state index is 11.0. The van der Waals surface area contributed by atoms with Crippen LogP contribution in [0.4, 0.5) is 22.4 Å². The summed E-state index contributed by atoms with van der Waals surface area (Å²) in [5.41, 5.74) is 4.00. The van der Waals surface area contributed by atoms with Gasteiger partial charge >= 0.3 is 6.18 Å². The zero-order valence-corrected chi connectivity index (χ0v) is 3.94. The molecule has 0 atom stereocenters. The fraction of sp³-hybridized carbons (Fsp3) is 0.500. The van der Waals surface area contributed by atoms with Gasteiger partial charge in [0.2, 0.25) is 5.84 Å². The molecule has 2 N–H and O–H groups in total. The average Bonchev–Trinajstić information content (AvgIpc) is 1.62. The van der Waals surface area contributed by atoms with E-state index in [1.807, 2.05) is 0 Å². The fourth-order valence-electron chi connectivity index (χ4n) is 0.0479. The molecule has 9 heavy (non-hydrogen) atoms. The van der Waals surface area contributed by atoms with Gasteiger partial charge in [0.15, 0.2) is 0 Å². The number of alkyl halides is 3. The van der Waals surface area contributed by atoms with Gasteiger partial charge < -0.3 is 5.73 Å². The van der Waals surface area contributed by atoms with Crippen LogP contribution in [0.2, 0.25) is 0 Å². The number of hydrogen-bond acceptors (Lipinski definition) is 1. The summed E-state index contributed by atoms with van der Waals surface area (Å²) in [6.07, 6.45) is -4.84. The molecule has 0 aromatic heterocycles. The molecule has 0 radical (unpaired) electrons. The van der Waals surface area contributed by atoms with E-state index >= 15 is 0 Å². The highest BCUT2D eigenvalue weighted by molar-refractivity contribution is 5.85. The van der Waals surface area contributed by atoms with Crippen LogP contribution >= 0.6 is 0 Å². The number of amidine groups is 1. The Bertz CT molecular complexity index is 104. The maximum absolute atomic E-state index is 11.0. The first kappa shape index (κ1) is 11.0. The molecule has 0 aliphatic carbocycles. The molecule has 56 valence electrons. The predicted octanol–water partition coefficient (Wildman–Crippen LogP) is 0.943. The first-order valence-electron chi connectivity index (χ1n) is 1.50. The highest BCUT2D eigenvalue weighted by atomic mass is 19.4. The van der Waals surface area contributed by atoms with Gasteiger partial charge in [0, 0.05) is 0 Å². The standard InChI is InChI=1S/C2H2F4N2.FH/c3-2(4,5)1(7)8-6;/h(H2,7,8);1H. The molecule has 0 bridgehead atoms. The summed E-state index contributed by atoms with van der Waals surface area (Å²) in [7, 11) is 0. The Balaban J connectivity index is 0. The summed E-state index contributed by atoms with van der Waals surface area (Å²) in [5, 5.41) is 1.23. The second kappa shape index (κ2) is 3.21. The summed E-state index contributed by atoms with van der Waals surface area (Å²) < 4.78 is 43.5. The minimum absolute atomic E-state index is 0. The Labute approximate surface area is 46.7 Å². The van der Waals surface area contributed by atoms with Crippen LogP contribution in [0.3, 0.4) is 0 Å². The third-order valence-electron chi connectivity index (χ3n) is 0.381. The lowest BCUT2D eigenvalue weighted by Gasteiger charge is -1.99. The first-order valence-corrected chi connectivity index (χ1v) is 1.50. The molecule has 0 heterocycles. The fourth-order valence-corrected chi connectivity index (χ4v) is 0.0479. The molecule has 0 aliphatic heterocycles. The van der Waals surface area contributed by atoms with E-state index in [0.29, 0.717) is 0 Å². The lowest BCUT2D eigenvalue weighted by Crippen LogP contribution is -2.30. The number of nitrogens with two attached hydrogens (primary N) is 1. The van der Waals surface area contributed by atoms with Crippen LogP contribution in [0.1, 0.15) is 0 Å². The van der Waals surface area contributed by atoms with Gasteiger partial charge in [0.05, 0.1) is 0 Å². The van der Waals surface area contributed by atoms with E-state index in [1.54, 1.807) is 0 Å². The molecule has 0 aromatic rings. The Morgan fingerprint density at radius 3 is 1.67 bits per heavy atom. The van der Waals surface area contributed by atoms with E-state index in [1.165, 1.54) is 5.21 Å². The monoisotopic (exact) mass is 150 g/mol. The molecule has 0 rings (SSSR count). The number of hydrogen-bond donors (Lipinski definition) is 1. The molecule has 0 unspecified atom stereocenters. The van der Waals surface area contributed by atoms with Gasteiger partial charge in [-0.15, -0.1) is 0 Å². The summed E-state index contributed by atoms with van der Waals surface area (Å²) in [5.74, 6) is -1.96. The van der Waals surface area contributed by atoms with Crippen molar-refractivity contribution in [1.82, 2.24) is 0 Å². The number of halogens is 5. The van der Waals surface area contributed by atoms with E-state index in [9.17, 15) is 17.7 Å². The summed E-state index contributed by atoms with van der Waals surface area (Å²) in [6, 6.07) is 0. The van der Waals surface area contributed by atoms with Crippen molar-refractivity contribution in [2.75, 3.05) is 0 Å². The van der Waals surface area contributed by atoms with Crippen LogP contribution < -0.4 is 5.73 Å². The van der Waals surface area contributed by atoms with Crippen molar-refractivity contribution >= 4 is 5.84 Å². The molecule has 0 fully saturated rings. The lowest BCUT2D eigenvalue weighted by atomic mass is 10.6. The van der Waals surface area contributed by atoms with Crippen molar-refractivity contribution in [3.8, 4) is 0 Å². The summed E-state index contributed by atoms with van der Waals surface area (Å²) >= 11 is 0. The van der Waals surface area contributed by atoms with Crippen molar-refractivity contribution in [2.24, 2.45) is 10.9 Å². The van der Waals surface area contributed by atoms with Crippen LogP contribution in [0.5, 0.6) is 0 Å². The number of rotatable bonds is 0. The average molecular weight is 150 g/mol. The molecule has 0 spiro atoms. The van der Waals surface area contributed by atoms with Gasteiger partial charge in [-0.25, -0.2) is 0 Å². The van der Waals surface area contributed by atoms with Gasteiger partial charge in [0.1, 0.15) is 0 Å². The van der Waals surface area contributed by atoms with Gasteiger partial charge in [0.25, 0.3) is 0 Å². The van der Waals surface area contributed by atoms with Crippen molar-refractivity contribution in [2.45, 2.75) is 6.18 Å². The normalized spacial score (nSPS) is 12.7. The van der Waals surface area contributed by atoms with Crippen LogP contribution in [0, 0.1) is 0 Å². The smallest absolute Gasteiger partial charge is 0.377 e. The minimum atomic E-state index is -4.84. The summed E-state index contributed by atoms with van der Waals surface area (Å²) in [6.45, 7) is 0. The predicted molar refractivity (Wildman–Crippen MR) is 21.3 cm³/mol. The second-order valence-electron chi connectivity index (χ2n) is 0.968. The van der Waals surface area contributed by atoms with E-state index in [4.69, 9.17) is 0 Å². The molecule has 0 saturated carbocycles.